The van der Waals surface area contributed by atoms with E-state index in [0.29, 0.717) is 5.84 Å². The molecule has 0 bridgehead atoms. The largest absolute Gasteiger partial charge is 0.455 e. The predicted molar refractivity (Wildman–Crippen MR) is 283 cm³/mol. The van der Waals surface area contributed by atoms with E-state index >= 15 is 0 Å². The van der Waals surface area contributed by atoms with Gasteiger partial charge in [0.1, 0.15) is 11.2 Å². The summed E-state index contributed by atoms with van der Waals surface area (Å²) in [4.78, 5) is 12.2. The first kappa shape index (κ1) is 39.8. The second kappa shape index (κ2) is 16.1. The molecule has 66 heavy (non-hydrogen) atoms. The van der Waals surface area contributed by atoms with Gasteiger partial charge in [-0.2, -0.15) is 0 Å². The van der Waals surface area contributed by atoms with E-state index in [9.17, 15) is 0 Å². The molecule has 1 unspecified atom stereocenters. The Kier molecular flexibility index (Phi) is 9.69. The molecule has 12 aromatic rings. The van der Waals surface area contributed by atoms with E-state index < -0.39 is 0 Å². The van der Waals surface area contributed by atoms with Crippen LogP contribution >= 0.6 is 12.6 Å². The van der Waals surface area contributed by atoms with Crippen LogP contribution < -0.4 is 0 Å². The minimum atomic E-state index is -0.164. The first-order chi connectivity index (χ1) is 32.4. The van der Waals surface area contributed by atoms with Gasteiger partial charge in [0.05, 0.1) is 28.3 Å². The van der Waals surface area contributed by atoms with Crippen molar-refractivity contribution in [1.29, 1.82) is 0 Å². The van der Waals surface area contributed by atoms with Gasteiger partial charge in [0.2, 0.25) is 0 Å². The number of aliphatic imine (C=N–C) groups is 2. The van der Waals surface area contributed by atoms with Crippen LogP contribution in [0.3, 0.4) is 0 Å². The van der Waals surface area contributed by atoms with Crippen molar-refractivity contribution < 1.29 is 4.42 Å². The Balaban J connectivity index is 1.14. The van der Waals surface area contributed by atoms with Gasteiger partial charge in [-0.1, -0.05) is 159 Å². The lowest BCUT2D eigenvalue weighted by atomic mass is 9.93. The van der Waals surface area contributed by atoms with Gasteiger partial charge in [-0.25, -0.2) is 4.99 Å². The summed E-state index contributed by atoms with van der Waals surface area (Å²) in [7, 11) is 0. The molecule has 0 N–H and O–H groups in total. The van der Waals surface area contributed by atoms with Crippen LogP contribution in [0.4, 0.5) is 0 Å². The molecule has 2 heterocycles. The minimum absolute atomic E-state index is 0.164. The molecular weight excluding hydrogens is 823 g/mol. The number of furan rings is 1. The fraction of sp³-hybridized carbons (Fsp3) is 0.0820. The number of amidine groups is 1. The SMILES string of the molecule is CCC(/N=C(\N=C(/C)c1cc(-c2ccc3ccccc3c2S)c(C)c(-n2c3ccccc3c3cc4ccccc4cc32)c1)c1cccc2c1oc1ccccc12)c1cccc2ccccc12. The molecule has 10 aromatic carbocycles. The predicted octanol–water partition coefficient (Wildman–Crippen LogP) is 16.8. The molecule has 0 aliphatic rings. The zero-order chi connectivity index (χ0) is 44.5. The van der Waals surface area contributed by atoms with Crippen LogP contribution in [0.1, 0.15) is 48.6 Å². The second-order valence-electron chi connectivity index (χ2n) is 17.3. The van der Waals surface area contributed by atoms with Crippen molar-refractivity contribution in [2.75, 3.05) is 0 Å². The highest BCUT2D eigenvalue weighted by Crippen LogP contribution is 2.42. The second-order valence-corrected chi connectivity index (χ2v) is 17.8. The molecule has 0 fully saturated rings. The van der Waals surface area contributed by atoms with Gasteiger partial charge in [-0.05, 0) is 123 Å². The summed E-state index contributed by atoms with van der Waals surface area (Å²) in [5.41, 5.74) is 12.2. The van der Waals surface area contributed by atoms with Crippen LogP contribution in [0, 0.1) is 6.92 Å². The van der Waals surface area contributed by atoms with Gasteiger partial charge in [0.25, 0.3) is 0 Å². The zero-order valence-corrected chi connectivity index (χ0v) is 37.9. The highest BCUT2D eigenvalue weighted by atomic mass is 32.1. The van der Waals surface area contributed by atoms with E-state index in [4.69, 9.17) is 27.0 Å². The van der Waals surface area contributed by atoms with Crippen LogP contribution in [-0.4, -0.2) is 16.1 Å². The van der Waals surface area contributed by atoms with Crippen LogP contribution in [0.2, 0.25) is 0 Å². The topological polar surface area (TPSA) is 42.8 Å². The minimum Gasteiger partial charge on any atom is -0.455 e. The number of thiol groups is 1. The molecule has 0 aliphatic heterocycles. The summed E-state index contributed by atoms with van der Waals surface area (Å²) in [6.45, 7) is 6.57. The van der Waals surface area contributed by atoms with Gasteiger partial charge in [-0.15, -0.1) is 12.6 Å². The van der Waals surface area contributed by atoms with Crippen molar-refractivity contribution in [3.05, 3.63) is 216 Å². The van der Waals surface area contributed by atoms with Crippen molar-refractivity contribution >= 4 is 100 Å². The molecule has 12 rings (SSSR count). The van der Waals surface area contributed by atoms with E-state index in [1.54, 1.807) is 0 Å². The number of benzene rings is 10. The summed E-state index contributed by atoms with van der Waals surface area (Å²) >= 11 is 5.28. The van der Waals surface area contributed by atoms with Crippen LogP contribution in [0.5, 0.6) is 0 Å². The zero-order valence-electron chi connectivity index (χ0n) is 37.0. The van der Waals surface area contributed by atoms with Gasteiger partial charge >= 0.3 is 0 Å². The number of para-hydroxylation sites is 3. The average Bonchev–Trinajstić information content (AvgIpc) is 3.90. The summed E-state index contributed by atoms with van der Waals surface area (Å²) < 4.78 is 9.15. The van der Waals surface area contributed by atoms with Crippen LogP contribution in [0.25, 0.3) is 92.9 Å². The third kappa shape index (κ3) is 6.53. The van der Waals surface area contributed by atoms with E-state index in [2.05, 4.69) is 207 Å². The first-order valence-corrected chi connectivity index (χ1v) is 23.2. The lowest BCUT2D eigenvalue weighted by molar-refractivity contribution is 0.667. The van der Waals surface area contributed by atoms with Crippen molar-refractivity contribution in [2.45, 2.75) is 38.1 Å². The Morgan fingerprint density at radius 3 is 2.00 bits per heavy atom. The number of hydrogen-bond acceptors (Lipinski definition) is 3. The maximum atomic E-state index is 6.70. The standard InChI is InChI=1S/C61H45N3OS/c1-4-54(46-26-15-21-39-17-7-9-22-44(39)46)63-61(51-28-16-27-49-48-25-12-14-30-58(48)65-59(49)51)62-38(3)43-34-52(50-32-31-40-18-8-10-23-45(40)60(50)66)37(2)56(36-43)64-55-29-13-11-24-47(55)53-33-41-19-5-6-20-42(41)35-57(53)64/h5-36,54,66H,4H2,1-3H3/b62-38+,63-61-. The van der Waals surface area contributed by atoms with Gasteiger partial charge in [0.15, 0.2) is 5.84 Å². The molecule has 0 spiro atoms. The molecule has 0 amide bonds. The van der Waals surface area contributed by atoms with E-state index in [1.807, 2.05) is 12.1 Å². The van der Waals surface area contributed by atoms with E-state index in [-0.39, 0.29) is 6.04 Å². The lowest BCUT2D eigenvalue weighted by Crippen LogP contribution is -2.09. The monoisotopic (exact) mass is 867 g/mol. The molecular formula is C61H45N3OS. The fourth-order valence-corrected chi connectivity index (χ4v) is 10.6. The molecule has 1 atom stereocenters. The Hall–Kier alpha value is -7.73. The summed E-state index contributed by atoms with van der Waals surface area (Å²) in [6.07, 6.45) is 0.788. The van der Waals surface area contributed by atoms with Crippen LogP contribution in [0.15, 0.2) is 213 Å². The molecule has 0 saturated heterocycles. The Labute approximate surface area is 388 Å². The third-order valence-electron chi connectivity index (χ3n) is 13.5. The van der Waals surface area contributed by atoms with E-state index in [0.717, 1.165) is 94.3 Å². The number of fused-ring (bicyclic) bond motifs is 9. The Morgan fingerprint density at radius 1 is 0.561 bits per heavy atom. The molecule has 5 heteroatoms. The van der Waals surface area contributed by atoms with Crippen molar-refractivity contribution in [1.82, 2.24) is 4.57 Å². The molecule has 4 nitrogen and oxygen atoms in total. The lowest BCUT2D eigenvalue weighted by Gasteiger charge is -2.20. The van der Waals surface area contributed by atoms with Crippen molar-refractivity contribution in [2.24, 2.45) is 9.98 Å². The third-order valence-corrected chi connectivity index (χ3v) is 14.0. The normalized spacial score (nSPS) is 13.0. The quantitative estimate of drug-likeness (QED) is 0.0968. The molecule has 2 aromatic heterocycles. The molecule has 316 valence electrons. The van der Waals surface area contributed by atoms with Gasteiger partial charge in [0, 0.05) is 32.2 Å². The molecule has 0 aliphatic carbocycles. The maximum absolute atomic E-state index is 6.70. The average molecular weight is 868 g/mol. The highest BCUT2D eigenvalue weighted by Gasteiger charge is 2.22. The fourth-order valence-electron chi connectivity index (χ4n) is 10.2. The maximum Gasteiger partial charge on any atom is 0.159 e. The van der Waals surface area contributed by atoms with Gasteiger partial charge in [-0.3, -0.25) is 4.99 Å². The van der Waals surface area contributed by atoms with E-state index in [1.165, 1.54) is 37.9 Å². The number of hydrogen-bond donors (Lipinski definition) is 1. The number of aromatic nitrogens is 1. The Morgan fingerprint density at radius 2 is 1.20 bits per heavy atom. The first-order valence-electron chi connectivity index (χ1n) is 22.7. The highest BCUT2D eigenvalue weighted by molar-refractivity contribution is 7.80. The van der Waals surface area contributed by atoms with Crippen molar-refractivity contribution in [3.63, 3.8) is 0 Å². The summed E-state index contributed by atoms with van der Waals surface area (Å²) in [6, 6.07) is 69.1. The summed E-state index contributed by atoms with van der Waals surface area (Å²) in [5.74, 6) is 0.629. The van der Waals surface area contributed by atoms with Crippen molar-refractivity contribution in [3.8, 4) is 16.8 Å². The van der Waals surface area contributed by atoms with Gasteiger partial charge < -0.3 is 8.98 Å². The smallest absolute Gasteiger partial charge is 0.159 e. The number of rotatable bonds is 7. The molecule has 0 saturated carbocycles. The summed E-state index contributed by atoms with van der Waals surface area (Å²) in [5, 5.41) is 11.6. The number of nitrogens with zero attached hydrogens (tertiary/aromatic N) is 3. The Bertz CT molecular complexity index is 3980. The molecule has 0 radical (unpaired) electrons. The van der Waals surface area contributed by atoms with Crippen LogP contribution in [-0.2, 0) is 0 Å².